The highest BCUT2D eigenvalue weighted by atomic mass is 19.1. The van der Waals surface area contributed by atoms with E-state index in [9.17, 15) is 14.3 Å². The number of aliphatic hydroxyl groups is 1. The van der Waals surface area contributed by atoms with Crippen molar-refractivity contribution in [2.45, 2.75) is 39.2 Å². The van der Waals surface area contributed by atoms with Gasteiger partial charge in [0.05, 0.1) is 0 Å². The number of urea groups is 1. The summed E-state index contributed by atoms with van der Waals surface area (Å²) in [7, 11) is 0. The number of nitrogens with one attached hydrogen (secondary N) is 1. The van der Waals surface area contributed by atoms with Crippen LogP contribution in [0.2, 0.25) is 0 Å². The van der Waals surface area contributed by atoms with Crippen LogP contribution in [0.4, 0.5) is 9.18 Å². The average Bonchev–Trinajstić information content (AvgIpc) is 2.56. The Hall–Kier alpha value is -1.62. The summed E-state index contributed by atoms with van der Waals surface area (Å²) in [6.07, 6.45) is 2.59. The summed E-state index contributed by atoms with van der Waals surface area (Å²) in [5, 5.41) is 12.4. The molecule has 0 saturated carbocycles. The number of carbonyl (C=O) groups is 1. The minimum Gasteiger partial charge on any atom is -0.396 e. The lowest BCUT2D eigenvalue weighted by atomic mass is 9.96. The number of halogens is 1. The zero-order chi connectivity index (χ0) is 16.8. The maximum atomic E-state index is 13.0. The molecule has 4 nitrogen and oxygen atoms in total. The Morgan fingerprint density at radius 3 is 2.70 bits per heavy atom. The Kier molecular flexibility index (Phi) is 6.39. The van der Waals surface area contributed by atoms with Crippen LogP contribution in [-0.4, -0.2) is 41.8 Å². The van der Waals surface area contributed by atoms with Crippen molar-refractivity contribution in [1.82, 2.24) is 10.2 Å². The van der Waals surface area contributed by atoms with Crippen LogP contribution >= 0.6 is 0 Å². The van der Waals surface area contributed by atoms with Crippen molar-refractivity contribution in [1.29, 1.82) is 0 Å². The van der Waals surface area contributed by atoms with Crippen molar-refractivity contribution in [3.05, 3.63) is 35.6 Å². The standard InChI is InChI=1S/C18H27FN2O2/c1-13(2)17(10-14-5-7-16(19)8-6-14)20-18(23)21-9-3-4-15(11-21)12-22/h5-8,13,15,17,22H,3-4,9-12H2,1-2H3,(H,20,23)/t15-,17+/m0/s1. The number of aliphatic hydroxyl groups excluding tert-OH is 1. The van der Waals surface area contributed by atoms with Crippen molar-refractivity contribution in [2.75, 3.05) is 19.7 Å². The van der Waals surface area contributed by atoms with Gasteiger partial charge in [0.15, 0.2) is 0 Å². The number of rotatable bonds is 5. The SMILES string of the molecule is CC(C)[C@@H](Cc1ccc(F)cc1)NC(=O)N1CCC[C@H](CO)C1. The minimum absolute atomic E-state index is 0.00228. The molecule has 2 rings (SSSR count). The average molecular weight is 322 g/mol. The summed E-state index contributed by atoms with van der Waals surface area (Å²) in [6, 6.07) is 6.36. The zero-order valence-electron chi connectivity index (χ0n) is 14.0. The molecule has 2 atom stereocenters. The highest BCUT2D eigenvalue weighted by Gasteiger charge is 2.25. The summed E-state index contributed by atoms with van der Waals surface area (Å²) in [5.41, 5.74) is 1.01. The third-order valence-corrected chi connectivity index (χ3v) is 4.55. The first kappa shape index (κ1) is 17.7. The van der Waals surface area contributed by atoms with E-state index in [2.05, 4.69) is 19.2 Å². The number of piperidine rings is 1. The van der Waals surface area contributed by atoms with Gasteiger partial charge in [-0.15, -0.1) is 0 Å². The number of hydrogen-bond acceptors (Lipinski definition) is 2. The van der Waals surface area contributed by atoms with Gasteiger partial charge in [0, 0.05) is 25.7 Å². The molecule has 5 heteroatoms. The summed E-state index contributed by atoms with van der Waals surface area (Å²) in [5.74, 6) is 0.216. The number of likely N-dealkylation sites (tertiary alicyclic amines) is 1. The predicted octanol–water partition coefficient (Wildman–Crippen LogP) is 2.81. The Bertz CT molecular complexity index is 504. The smallest absolute Gasteiger partial charge is 0.317 e. The van der Waals surface area contributed by atoms with E-state index < -0.39 is 0 Å². The molecule has 0 unspecified atom stereocenters. The number of amides is 2. The molecule has 1 saturated heterocycles. The summed E-state index contributed by atoms with van der Waals surface area (Å²) in [6.45, 7) is 5.63. The van der Waals surface area contributed by atoms with E-state index in [1.165, 1.54) is 12.1 Å². The molecule has 0 spiro atoms. The van der Waals surface area contributed by atoms with Crippen LogP contribution < -0.4 is 5.32 Å². The van der Waals surface area contributed by atoms with E-state index in [0.717, 1.165) is 24.9 Å². The number of benzene rings is 1. The van der Waals surface area contributed by atoms with E-state index in [1.807, 2.05) is 0 Å². The summed E-state index contributed by atoms with van der Waals surface area (Å²) < 4.78 is 13.0. The molecule has 0 bridgehead atoms. The summed E-state index contributed by atoms with van der Waals surface area (Å²) >= 11 is 0. The Morgan fingerprint density at radius 2 is 2.09 bits per heavy atom. The van der Waals surface area contributed by atoms with Gasteiger partial charge in [-0.2, -0.15) is 0 Å². The van der Waals surface area contributed by atoms with Gasteiger partial charge >= 0.3 is 6.03 Å². The molecule has 1 aromatic rings. The van der Waals surface area contributed by atoms with Crippen LogP contribution in [0.3, 0.4) is 0 Å². The molecular formula is C18H27FN2O2. The van der Waals surface area contributed by atoms with Crippen molar-refractivity contribution < 1.29 is 14.3 Å². The first-order valence-corrected chi connectivity index (χ1v) is 8.40. The third kappa shape index (κ3) is 5.20. The van der Waals surface area contributed by atoms with Crippen LogP contribution in [0.25, 0.3) is 0 Å². The summed E-state index contributed by atoms with van der Waals surface area (Å²) in [4.78, 5) is 14.3. The van der Waals surface area contributed by atoms with E-state index in [4.69, 9.17) is 0 Å². The second-order valence-corrected chi connectivity index (χ2v) is 6.77. The molecule has 23 heavy (non-hydrogen) atoms. The lowest BCUT2D eigenvalue weighted by Crippen LogP contribution is -2.50. The van der Waals surface area contributed by atoms with E-state index in [1.54, 1.807) is 17.0 Å². The highest BCUT2D eigenvalue weighted by molar-refractivity contribution is 5.74. The number of hydrogen-bond donors (Lipinski definition) is 2. The van der Waals surface area contributed by atoms with E-state index in [-0.39, 0.29) is 36.3 Å². The number of nitrogens with zero attached hydrogens (tertiary/aromatic N) is 1. The zero-order valence-corrected chi connectivity index (χ0v) is 14.0. The molecule has 1 aliphatic rings. The Balaban J connectivity index is 1.95. The molecule has 1 heterocycles. The Labute approximate surface area is 137 Å². The molecule has 1 aromatic carbocycles. The normalized spacial score (nSPS) is 19.7. The first-order chi connectivity index (χ1) is 11.0. The molecule has 2 N–H and O–H groups in total. The van der Waals surface area contributed by atoms with E-state index >= 15 is 0 Å². The molecule has 0 aliphatic carbocycles. The monoisotopic (exact) mass is 322 g/mol. The third-order valence-electron chi connectivity index (χ3n) is 4.55. The van der Waals surface area contributed by atoms with Crippen LogP contribution in [-0.2, 0) is 6.42 Å². The fraction of sp³-hybridized carbons (Fsp3) is 0.611. The van der Waals surface area contributed by atoms with E-state index in [0.29, 0.717) is 13.0 Å². The molecule has 0 radical (unpaired) electrons. The lowest BCUT2D eigenvalue weighted by molar-refractivity contribution is 0.126. The van der Waals surface area contributed by atoms with Crippen LogP contribution in [0.1, 0.15) is 32.3 Å². The van der Waals surface area contributed by atoms with Gasteiger partial charge < -0.3 is 15.3 Å². The van der Waals surface area contributed by atoms with Gasteiger partial charge in [-0.25, -0.2) is 9.18 Å². The first-order valence-electron chi connectivity index (χ1n) is 8.40. The second-order valence-electron chi connectivity index (χ2n) is 6.77. The quantitative estimate of drug-likeness (QED) is 0.876. The fourth-order valence-corrected chi connectivity index (χ4v) is 2.98. The molecule has 1 fully saturated rings. The molecule has 0 aromatic heterocycles. The van der Waals surface area contributed by atoms with Gasteiger partial charge in [0.2, 0.25) is 0 Å². The van der Waals surface area contributed by atoms with Gasteiger partial charge in [0.1, 0.15) is 5.82 Å². The van der Waals surface area contributed by atoms with Crippen LogP contribution in [0.15, 0.2) is 24.3 Å². The van der Waals surface area contributed by atoms with Crippen LogP contribution in [0.5, 0.6) is 0 Å². The highest BCUT2D eigenvalue weighted by Crippen LogP contribution is 2.17. The van der Waals surface area contributed by atoms with Crippen molar-refractivity contribution in [2.24, 2.45) is 11.8 Å². The predicted molar refractivity (Wildman–Crippen MR) is 88.6 cm³/mol. The molecule has 2 amide bonds. The van der Waals surface area contributed by atoms with Crippen molar-refractivity contribution >= 4 is 6.03 Å². The maximum absolute atomic E-state index is 13.0. The molecule has 1 aliphatic heterocycles. The Morgan fingerprint density at radius 1 is 1.39 bits per heavy atom. The minimum atomic E-state index is -0.248. The second kappa shape index (κ2) is 8.29. The largest absolute Gasteiger partial charge is 0.396 e. The lowest BCUT2D eigenvalue weighted by Gasteiger charge is -2.34. The fourth-order valence-electron chi connectivity index (χ4n) is 2.98. The van der Waals surface area contributed by atoms with Crippen LogP contribution in [0, 0.1) is 17.7 Å². The molecular weight excluding hydrogens is 295 g/mol. The topological polar surface area (TPSA) is 52.6 Å². The van der Waals surface area contributed by atoms with Gasteiger partial charge in [-0.1, -0.05) is 26.0 Å². The molecule has 128 valence electrons. The van der Waals surface area contributed by atoms with Crippen molar-refractivity contribution in [3.8, 4) is 0 Å². The van der Waals surface area contributed by atoms with Gasteiger partial charge in [-0.05, 0) is 48.8 Å². The van der Waals surface area contributed by atoms with Gasteiger partial charge in [-0.3, -0.25) is 0 Å². The van der Waals surface area contributed by atoms with Crippen molar-refractivity contribution in [3.63, 3.8) is 0 Å². The number of carbonyl (C=O) groups excluding carboxylic acids is 1. The maximum Gasteiger partial charge on any atom is 0.317 e. The van der Waals surface area contributed by atoms with Gasteiger partial charge in [0.25, 0.3) is 0 Å².